The van der Waals surface area contributed by atoms with Crippen molar-refractivity contribution in [2.75, 3.05) is 6.54 Å². The lowest BCUT2D eigenvalue weighted by Gasteiger charge is -2.32. The number of amides is 1. The number of aliphatic carboxylic acids is 1. The lowest BCUT2D eigenvalue weighted by molar-refractivity contribution is -0.154. The van der Waals surface area contributed by atoms with Crippen molar-refractivity contribution in [1.82, 2.24) is 4.90 Å². The quantitative estimate of drug-likeness (QED) is 0.727. The van der Waals surface area contributed by atoms with Crippen molar-refractivity contribution in [2.24, 2.45) is 5.41 Å². The molecule has 0 saturated heterocycles. The number of nitrogens with zero attached hydrogens (tertiary/aromatic N) is 1. The predicted molar refractivity (Wildman–Crippen MR) is 72.4 cm³/mol. The summed E-state index contributed by atoms with van der Waals surface area (Å²) in [6, 6.07) is 0.123. The molecule has 1 amide bonds. The van der Waals surface area contributed by atoms with Crippen molar-refractivity contribution in [1.29, 1.82) is 0 Å². The van der Waals surface area contributed by atoms with Crippen molar-refractivity contribution in [3.63, 3.8) is 0 Å². The normalized spacial score (nSPS) is 11.7. The number of carboxylic acids is 1. The van der Waals surface area contributed by atoms with Crippen molar-refractivity contribution in [2.45, 2.75) is 66.3 Å². The molecule has 0 aromatic carbocycles. The van der Waals surface area contributed by atoms with E-state index < -0.39 is 11.4 Å². The minimum atomic E-state index is -0.905. The Balaban J connectivity index is 4.92. The molecule has 0 heterocycles. The highest BCUT2D eigenvalue weighted by Gasteiger charge is 2.38. The van der Waals surface area contributed by atoms with Crippen LogP contribution in [0.5, 0.6) is 0 Å². The second-order valence-electron chi connectivity index (χ2n) is 5.15. The Morgan fingerprint density at radius 1 is 1.17 bits per heavy atom. The van der Waals surface area contributed by atoms with Crippen LogP contribution in [0.1, 0.15) is 60.3 Å². The molecule has 4 heteroatoms. The molecule has 0 saturated carbocycles. The average molecular weight is 257 g/mol. The van der Waals surface area contributed by atoms with E-state index >= 15 is 0 Å². The van der Waals surface area contributed by atoms with E-state index in [4.69, 9.17) is 0 Å². The van der Waals surface area contributed by atoms with Gasteiger partial charge in [0, 0.05) is 19.0 Å². The zero-order chi connectivity index (χ0) is 14.3. The van der Waals surface area contributed by atoms with Gasteiger partial charge in [0.15, 0.2) is 0 Å². The third-order valence-electron chi connectivity index (χ3n) is 3.71. The second kappa shape index (κ2) is 7.39. The number of carbonyl (C=O) groups excluding carboxylic acids is 1. The van der Waals surface area contributed by atoms with Crippen LogP contribution < -0.4 is 0 Å². The Morgan fingerprint density at radius 2 is 1.67 bits per heavy atom. The van der Waals surface area contributed by atoms with Gasteiger partial charge in [-0.05, 0) is 33.1 Å². The largest absolute Gasteiger partial charge is 0.481 e. The van der Waals surface area contributed by atoms with E-state index in [-0.39, 0.29) is 18.4 Å². The van der Waals surface area contributed by atoms with Gasteiger partial charge < -0.3 is 10.0 Å². The molecule has 0 spiro atoms. The van der Waals surface area contributed by atoms with Crippen LogP contribution in [0.2, 0.25) is 0 Å². The van der Waals surface area contributed by atoms with Crippen molar-refractivity contribution >= 4 is 11.9 Å². The number of carbonyl (C=O) groups is 2. The number of carboxylic acid groups (broad SMARTS) is 1. The molecule has 0 aromatic rings. The summed E-state index contributed by atoms with van der Waals surface area (Å²) in [7, 11) is 0. The zero-order valence-electron chi connectivity index (χ0n) is 12.3. The van der Waals surface area contributed by atoms with Gasteiger partial charge in [-0.25, -0.2) is 0 Å². The molecule has 0 aliphatic heterocycles. The van der Waals surface area contributed by atoms with Crippen LogP contribution in [0, 0.1) is 5.41 Å². The van der Waals surface area contributed by atoms with Crippen molar-refractivity contribution in [3.05, 3.63) is 0 Å². The van der Waals surface area contributed by atoms with E-state index in [2.05, 4.69) is 0 Å². The molecule has 18 heavy (non-hydrogen) atoms. The molecule has 0 bridgehead atoms. The highest BCUT2D eigenvalue weighted by molar-refractivity contribution is 5.85. The van der Waals surface area contributed by atoms with Crippen LogP contribution in [0.4, 0.5) is 0 Å². The fourth-order valence-corrected chi connectivity index (χ4v) is 2.18. The van der Waals surface area contributed by atoms with Gasteiger partial charge in [-0.1, -0.05) is 20.8 Å². The van der Waals surface area contributed by atoms with E-state index in [9.17, 15) is 14.7 Å². The van der Waals surface area contributed by atoms with Crippen LogP contribution in [0.25, 0.3) is 0 Å². The highest BCUT2D eigenvalue weighted by Crippen LogP contribution is 2.32. The van der Waals surface area contributed by atoms with Crippen molar-refractivity contribution in [3.8, 4) is 0 Å². The molecule has 0 atom stereocenters. The topological polar surface area (TPSA) is 57.6 Å². The molecule has 1 N–H and O–H groups in total. The maximum atomic E-state index is 12.3. The summed E-state index contributed by atoms with van der Waals surface area (Å²) in [5.41, 5.74) is -0.905. The Labute approximate surface area is 110 Å². The maximum Gasteiger partial charge on any atom is 0.310 e. The number of hydrogen-bond acceptors (Lipinski definition) is 2. The molecule has 0 unspecified atom stereocenters. The third kappa shape index (κ3) is 4.00. The fourth-order valence-electron chi connectivity index (χ4n) is 2.18. The Morgan fingerprint density at radius 3 is 1.94 bits per heavy atom. The average Bonchev–Trinajstić information content (AvgIpc) is 2.31. The number of hydrogen-bond donors (Lipinski definition) is 1. The van der Waals surface area contributed by atoms with Crippen LogP contribution in [0.15, 0.2) is 0 Å². The lowest BCUT2D eigenvalue weighted by atomic mass is 9.79. The summed E-state index contributed by atoms with van der Waals surface area (Å²) >= 11 is 0. The molecular formula is C14H27NO3. The first-order chi connectivity index (χ1) is 8.34. The van der Waals surface area contributed by atoms with Gasteiger partial charge in [0.05, 0.1) is 5.41 Å². The molecule has 0 aliphatic carbocycles. The molecule has 0 rings (SSSR count). The summed E-state index contributed by atoms with van der Waals surface area (Å²) in [6.45, 7) is 10.3. The minimum absolute atomic E-state index is 0.0436. The molecular weight excluding hydrogens is 230 g/mol. The van der Waals surface area contributed by atoms with E-state index in [1.165, 1.54) is 0 Å². The summed E-state index contributed by atoms with van der Waals surface area (Å²) in [6.07, 6.45) is 1.97. The smallest absolute Gasteiger partial charge is 0.310 e. The SMILES string of the molecule is CCCN(C(=O)CC(CC)(CC)C(=O)O)C(C)C. The van der Waals surface area contributed by atoms with Gasteiger partial charge in [-0.2, -0.15) is 0 Å². The van der Waals surface area contributed by atoms with E-state index in [1.54, 1.807) is 4.90 Å². The van der Waals surface area contributed by atoms with Gasteiger partial charge in [0.2, 0.25) is 5.91 Å². The Kier molecular flexibility index (Phi) is 6.96. The van der Waals surface area contributed by atoms with Gasteiger partial charge >= 0.3 is 5.97 Å². The first-order valence-corrected chi connectivity index (χ1v) is 6.87. The first-order valence-electron chi connectivity index (χ1n) is 6.87. The van der Waals surface area contributed by atoms with E-state index in [1.807, 2.05) is 34.6 Å². The summed E-state index contributed by atoms with van der Waals surface area (Å²) in [5.74, 6) is -0.904. The molecule has 0 aromatic heterocycles. The van der Waals surface area contributed by atoms with Gasteiger partial charge in [0.25, 0.3) is 0 Å². The van der Waals surface area contributed by atoms with Crippen LogP contribution >= 0.6 is 0 Å². The predicted octanol–water partition coefficient (Wildman–Crippen LogP) is 2.91. The van der Waals surface area contributed by atoms with Crippen molar-refractivity contribution < 1.29 is 14.7 Å². The summed E-state index contributed by atoms with van der Waals surface area (Å²) < 4.78 is 0. The standard InChI is InChI=1S/C14H27NO3/c1-6-9-15(11(4)5)12(16)10-14(7-2,8-3)13(17)18/h11H,6-10H2,1-5H3,(H,17,18). The number of rotatable bonds is 8. The Bertz CT molecular complexity index is 283. The maximum absolute atomic E-state index is 12.3. The fraction of sp³-hybridized carbons (Fsp3) is 0.857. The Hall–Kier alpha value is -1.06. The van der Waals surface area contributed by atoms with Gasteiger partial charge in [-0.15, -0.1) is 0 Å². The van der Waals surface area contributed by atoms with Crippen LogP contribution in [-0.2, 0) is 9.59 Å². The molecule has 4 nitrogen and oxygen atoms in total. The zero-order valence-corrected chi connectivity index (χ0v) is 12.3. The highest BCUT2D eigenvalue weighted by atomic mass is 16.4. The van der Waals surface area contributed by atoms with Gasteiger partial charge in [0.1, 0.15) is 0 Å². The molecule has 0 fully saturated rings. The lowest BCUT2D eigenvalue weighted by Crippen LogP contribution is -2.42. The summed E-state index contributed by atoms with van der Waals surface area (Å²) in [4.78, 5) is 25.5. The first kappa shape index (κ1) is 16.9. The van der Waals surface area contributed by atoms with E-state index in [0.717, 1.165) is 6.42 Å². The molecule has 0 aliphatic rings. The van der Waals surface area contributed by atoms with Crippen LogP contribution in [-0.4, -0.2) is 34.5 Å². The molecule has 106 valence electrons. The summed E-state index contributed by atoms with van der Waals surface area (Å²) in [5, 5.41) is 9.35. The third-order valence-corrected chi connectivity index (χ3v) is 3.71. The molecule has 0 radical (unpaired) electrons. The van der Waals surface area contributed by atoms with Crippen LogP contribution in [0.3, 0.4) is 0 Å². The minimum Gasteiger partial charge on any atom is -0.481 e. The second-order valence-corrected chi connectivity index (χ2v) is 5.15. The van der Waals surface area contributed by atoms with E-state index in [0.29, 0.717) is 19.4 Å². The monoisotopic (exact) mass is 257 g/mol. The van der Waals surface area contributed by atoms with Gasteiger partial charge in [-0.3, -0.25) is 9.59 Å².